The average Bonchev–Trinajstić information content (AvgIpc) is 2.98. The molecule has 2 heterocycles. The van der Waals surface area contributed by atoms with E-state index in [-0.39, 0.29) is 5.78 Å². The fraction of sp³-hybridized carbons (Fsp3) is 0.263. The number of Topliss-reactive ketones (excluding diaryl/α,β-unsaturated/α-hetero) is 1. The van der Waals surface area contributed by atoms with Crippen molar-refractivity contribution < 1.29 is 4.79 Å². The van der Waals surface area contributed by atoms with Crippen LogP contribution in [0, 0.1) is 13.8 Å². The second-order valence-electron chi connectivity index (χ2n) is 5.98. The highest BCUT2D eigenvalue weighted by atomic mass is 32.2. The van der Waals surface area contributed by atoms with Crippen molar-refractivity contribution in [1.29, 1.82) is 0 Å². The van der Waals surface area contributed by atoms with Gasteiger partial charge >= 0.3 is 0 Å². The van der Waals surface area contributed by atoms with Crippen LogP contribution in [0.25, 0.3) is 11.4 Å². The summed E-state index contributed by atoms with van der Waals surface area (Å²) in [7, 11) is 1.90. The summed E-state index contributed by atoms with van der Waals surface area (Å²) in [6.45, 7) is 4.09. The molecule has 0 bridgehead atoms. The highest BCUT2D eigenvalue weighted by molar-refractivity contribution is 7.99. The van der Waals surface area contributed by atoms with Gasteiger partial charge in [-0.05, 0) is 42.7 Å². The zero-order valence-electron chi connectivity index (χ0n) is 14.6. The Bertz CT molecular complexity index is 869. The molecule has 0 N–H and O–H groups in total. The van der Waals surface area contributed by atoms with Gasteiger partial charge in [0, 0.05) is 31.4 Å². The summed E-state index contributed by atoms with van der Waals surface area (Å²) in [5.74, 6) is 1.32. The molecule has 3 aromatic rings. The molecular weight excluding hydrogens is 332 g/mol. The molecule has 0 fully saturated rings. The number of hydrogen-bond acceptors (Lipinski definition) is 5. The van der Waals surface area contributed by atoms with Gasteiger partial charge in [0.15, 0.2) is 11.0 Å². The van der Waals surface area contributed by atoms with Crippen LogP contribution in [0.5, 0.6) is 0 Å². The summed E-state index contributed by atoms with van der Waals surface area (Å²) in [5, 5.41) is 9.15. The molecular formula is C19H20N4OS. The van der Waals surface area contributed by atoms with Crippen LogP contribution >= 0.6 is 11.8 Å². The molecule has 1 aromatic carbocycles. The molecule has 5 nitrogen and oxygen atoms in total. The van der Waals surface area contributed by atoms with Crippen molar-refractivity contribution in [2.24, 2.45) is 7.05 Å². The molecule has 0 saturated carbocycles. The van der Waals surface area contributed by atoms with Crippen molar-refractivity contribution >= 4 is 17.5 Å². The zero-order chi connectivity index (χ0) is 17.8. The van der Waals surface area contributed by atoms with Gasteiger partial charge in [0.25, 0.3) is 0 Å². The topological polar surface area (TPSA) is 60.7 Å². The molecule has 0 aliphatic rings. The van der Waals surface area contributed by atoms with Crippen molar-refractivity contribution in [2.75, 3.05) is 5.75 Å². The summed E-state index contributed by atoms with van der Waals surface area (Å²) < 4.78 is 1.90. The monoisotopic (exact) mass is 352 g/mol. The quantitative estimate of drug-likeness (QED) is 0.636. The van der Waals surface area contributed by atoms with E-state index in [0.717, 1.165) is 33.2 Å². The summed E-state index contributed by atoms with van der Waals surface area (Å²) in [6, 6.07) is 9.92. The van der Waals surface area contributed by atoms with E-state index >= 15 is 0 Å². The predicted octanol–water partition coefficient (Wildman–Crippen LogP) is 3.40. The first-order chi connectivity index (χ1) is 12.1. The van der Waals surface area contributed by atoms with Crippen LogP contribution in [0.2, 0.25) is 0 Å². The SMILES string of the molecule is Cc1cccc(C)c1CC(=O)CSc1nnc(-c2cccnc2)n1C. The van der Waals surface area contributed by atoms with Crippen molar-refractivity contribution in [2.45, 2.75) is 25.4 Å². The number of rotatable bonds is 6. The summed E-state index contributed by atoms with van der Waals surface area (Å²) in [5.41, 5.74) is 4.36. The minimum absolute atomic E-state index is 0.188. The second-order valence-corrected chi connectivity index (χ2v) is 6.92. The number of aromatic nitrogens is 4. The Labute approximate surface area is 151 Å². The number of pyridine rings is 1. The van der Waals surface area contributed by atoms with Crippen LogP contribution < -0.4 is 0 Å². The van der Waals surface area contributed by atoms with E-state index in [9.17, 15) is 4.79 Å². The third-order valence-electron chi connectivity index (χ3n) is 4.14. The van der Waals surface area contributed by atoms with E-state index in [4.69, 9.17) is 0 Å². The smallest absolute Gasteiger partial charge is 0.191 e. The van der Waals surface area contributed by atoms with E-state index in [1.807, 2.05) is 55.8 Å². The van der Waals surface area contributed by atoms with Gasteiger partial charge in [-0.1, -0.05) is 30.0 Å². The molecule has 0 radical (unpaired) electrons. The average molecular weight is 352 g/mol. The number of carbonyl (C=O) groups excluding carboxylic acids is 1. The normalized spacial score (nSPS) is 10.8. The van der Waals surface area contributed by atoms with Gasteiger partial charge in [0.05, 0.1) is 5.75 Å². The molecule has 2 aromatic heterocycles. The van der Waals surface area contributed by atoms with E-state index in [1.165, 1.54) is 11.8 Å². The van der Waals surface area contributed by atoms with Gasteiger partial charge in [0.1, 0.15) is 5.78 Å². The van der Waals surface area contributed by atoms with E-state index < -0.39 is 0 Å². The van der Waals surface area contributed by atoms with Gasteiger partial charge in [-0.2, -0.15) is 0 Å². The fourth-order valence-electron chi connectivity index (χ4n) is 2.71. The second kappa shape index (κ2) is 7.61. The van der Waals surface area contributed by atoms with Crippen molar-refractivity contribution in [3.8, 4) is 11.4 Å². The van der Waals surface area contributed by atoms with Gasteiger partial charge in [-0.15, -0.1) is 10.2 Å². The summed E-state index contributed by atoms with van der Waals surface area (Å²) in [6.07, 6.45) is 3.94. The van der Waals surface area contributed by atoms with Gasteiger partial charge < -0.3 is 4.57 Å². The maximum absolute atomic E-state index is 12.4. The molecule has 0 amide bonds. The molecule has 0 spiro atoms. The number of aryl methyl sites for hydroxylation is 2. The fourth-order valence-corrected chi connectivity index (χ4v) is 3.48. The molecule has 25 heavy (non-hydrogen) atoms. The van der Waals surface area contributed by atoms with E-state index in [2.05, 4.69) is 15.2 Å². The van der Waals surface area contributed by atoms with Crippen LogP contribution in [-0.2, 0) is 18.3 Å². The number of carbonyl (C=O) groups is 1. The number of thioether (sulfide) groups is 1. The van der Waals surface area contributed by atoms with Crippen LogP contribution in [0.15, 0.2) is 47.9 Å². The lowest BCUT2D eigenvalue weighted by Gasteiger charge is -2.08. The van der Waals surface area contributed by atoms with Gasteiger partial charge in [0.2, 0.25) is 0 Å². The number of hydrogen-bond donors (Lipinski definition) is 0. The zero-order valence-corrected chi connectivity index (χ0v) is 15.4. The maximum atomic E-state index is 12.4. The largest absolute Gasteiger partial charge is 0.305 e. The van der Waals surface area contributed by atoms with Crippen molar-refractivity contribution in [1.82, 2.24) is 19.7 Å². The lowest BCUT2D eigenvalue weighted by molar-refractivity contribution is -0.116. The Morgan fingerprint density at radius 3 is 2.56 bits per heavy atom. The maximum Gasteiger partial charge on any atom is 0.191 e. The molecule has 0 atom stereocenters. The summed E-state index contributed by atoms with van der Waals surface area (Å²) >= 11 is 1.42. The first-order valence-electron chi connectivity index (χ1n) is 8.05. The molecule has 0 unspecified atom stereocenters. The highest BCUT2D eigenvalue weighted by Gasteiger charge is 2.14. The Morgan fingerprint density at radius 1 is 1.12 bits per heavy atom. The van der Waals surface area contributed by atoms with E-state index in [1.54, 1.807) is 12.4 Å². The standard InChI is InChI=1S/C19H20N4OS/c1-13-6-4-7-14(2)17(13)10-16(24)12-25-19-22-21-18(23(19)3)15-8-5-9-20-11-15/h4-9,11H,10,12H2,1-3H3. The first kappa shape index (κ1) is 17.4. The summed E-state index contributed by atoms with van der Waals surface area (Å²) in [4.78, 5) is 16.5. The van der Waals surface area contributed by atoms with Gasteiger partial charge in [-0.25, -0.2) is 0 Å². The van der Waals surface area contributed by atoms with Crippen LogP contribution in [-0.4, -0.2) is 31.3 Å². The third-order valence-corrected chi connectivity index (χ3v) is 5.22. The van der Waals surface area contributed by atoms with Crippen molar-refractivity contribution in [3.63, 3.8) is 0 Å². The first-order valence-corrected chi connectivity index (χ1v) is 9.04. The lowest BCUT2D eigenvalue weighted by atomic mass is 9.99. The Balaban J connectivity index is 1.66. The van der Waals surface area contributed by atoms with Crippen molar-refractivity contribution in [3.05, 3.63) is 59.4 Å². The Hall–Kier alpha value is -2.47. The van der Waals surface area contributed by atoms with Crippen LogP contribution in [0.1, 0.15) is 16.7 Å². The molecule has 128 valence electrons. The predicted molar refractivity (Wildman–Crippen MR) is 99.6 cm³/mol. The molecule has 0 saturated heterocycles. The molecule has 0 aliphatic carbocycles. The number of ketones is 1. The van der Waals surface area contributed by atoms with Crippen LogP contribution in [0.4, 0.5) is 0 Å². The number of nitrogens with zero attached hydrogens (tertiary/aromatic N) is 4. The number of benzene rings is 1. The van der Waals surface area contributed by atoms with Crippen LogP contribution in [0.3, 0.4) is 0 Å². The van der Waals surface area contributed by atoms with Gasteiger partial charge in [-0.3, -0.25) is 9.78 Å². The Morgan fingerprint density at radius 2 is 1.88 bits per heavy atom. The molecule has 6 heteroatoms. The molecule has 3 rings (SSSR count). The molecule has 0 aliphatic heterocycles. The Kier molecular flexibility index (Phi) is 5.28. The minimum Gasteiger partial charge on any atom is -0.305 e. The highest BCUT2D eigenvalue weighted by Crippen LogP contribution is 2.22. The third kappa shape index (κ3) is 3.96. The lowest BCUT2D eigenvalue weighted by Crippen LogP contribution is -2.09. The minimum atomic E-state index is 0.188. The van der Waals surface area contributed by atoms with E-state index in [0.29, 0.717) is 12.2 Å².